The number of benzene rings is 1. The van der Waals surface area contributed by atoms with Crippen LogP contribution in [0.15, 0.2) is 24.3 Å². The van der Waals surface area contributed by atoms with Crippen LogP contribution in [0.25, 0.3) is 0 Å². The molecule has 4 heteroatoms. The van der Waals surface area contributed by atoms with E-state index in [0.29, 0.717) is 5.56 Å². The van der Waals surface area contributed by atoms with Gasteiger partial charge in [-0.25, -0.2) is 0 Å². The SMILES string of the molecule is CC(=O)c1ccccc1Nc1c(C)nn(C)c1C. The first-order valence-corrected chi connectivity index (χ1v) is 5.88. The monoisotopic (exact) mass is 243 g/mol. The van der Waals surface area contributed by atoms with Crippen LogP contribution in [-0.2, 0) is 7.05 Å². The Kier molecular flexibility index (Phi) is 3.19. The molecule has 1 aromatic heterocycles. The molecule has 2 rings (SSSR count). The van der Waals surface area contributed by atoms with E-state index >= 15 is 0 Å². The van der Waals surface area contributed by atoms with Gasteiger partial charge in [-0.15, -0.1) is 0 Å². The van der Waals surface area contributed by atoms with Crippen molar-refractivity contribution in [3.8, 4) is 0 Å². The number of carbonyl (C=O) groups is 1. The quantitative estimate of drug-likeness (QED) is 0.843. The first-order chi connectivity index (χ1) is 8.50. The Hall–Kier alpha value is -2.10. The van der Waals surface area contributed by atoms with Crippen molar-refractivity contribution in [1.29, 1.82) is 0 Å². The minimum absolute atomic E-state index is 0.0531. The molecule has 0 atom stereocenters. The minimum Gasteiger partial charge on any atom is -0.352 e. The summed E-state index contributed by atoms with van der Waals surface area (Å²) in [7, 11) is 1.91. The number of hydrogen-bond donors (Lipinski definition) is 1. The van der Waals surface area contributed by atoms with Gasteiger partial charge in [0.05, 0.1) is 17.1 Å². The van der Waals surface area contributed by atoms with Gasteiger partial charge in [0.25, 0.3) is 0 Å². The molecule has 0 saturated carbocycles. The summed E-state index contributed by atoms with van der Waals surface area (Å²) in [6.45, 7) is 5.52. The number of para-hydroxylation sites is 1. The molecule has 0 aliphatic carbocycles. The first-order valence-electron chi connectivity index (χ1n) is 5.88. The number of carbonyl (C=O) groups excluding carboxylic acids is 1. The largest absolute Gasteiger partial charge is 0.352 e. The van der Waals surface area contributed by atoms with Crippen molar-refractivity contribution in [1.82, 2.24) is 9.78 Å². The summed E-state index contributed by atoms with van der Waals surface area (Å²) >= 11 is 0. The minimum atomic E-state index is 0.0531. The number of aromatic nitrogens is 2. The second-order valence-electron chi connectivity index (χ2n) is 4.40. The molecule has 0 amide bonds. The van der Waals surface area contributed by atoms with Crippen LogP contribution in [-0.4, -0.2) is 15.6 Å². The Morgan fingerprint density at radius 2 is 1.94 bits per heavy atom. The van der Waals surface area contributed by atoms with Crippen molar-refractivity contribution in [3.05, 3.63) is 41.2 Å². The zero-order valence-corrected chi connectivity index (χ0v) is 11.1. The summed E-state index contributed by atoms with van der Waals surface area (Å²) in [5.74, 6) is 0.0531. The van der Waals surface area contributed by atoms with Crippen molar-refractivity contribution in [2.45, 2.75) is 20.8 Å². The lowest BCUT2D eigenvalue weighted by Crippen LogP contribution is -2.01. The van der Waals surface area contributed by atoms with E-state index in [1.165, 1.54) is 0 Å². The Bertz CT molecular complexity index is 599. The molecule has 0 radical (unpaired) electrons. The topological polar surface area (TPSA) is 46.9 Å². The van der Waals surface area contributed by atoms with E-state index in [1.807, 2.05) is 49.8 Å². The smallest absolute Gasteiger partial charge is 0.161 e. The second kappa shape index (κ2) is 4.64. The van der Waals surface area contributed by atoms with Gasteiger partial charge >= 0.3 is 0 Å². The molecule has 2 aromatic rings. The van der Waals surface area contributed by atoms with E-state index < -0.39 is 0 Å². The van der Waals surface area contributed by atoms with Crippen LogP contribution in [0.3, 0.4) is 0 Å². The average molecular weight is 243 g/mol. The molecule has 0 unspecified atom stereocenters. The molecule has 94 valence electrons. The van der Waals surface area contributed by atoms with Crippen LogP contribution in [0.5, 0.6) is 0 Å². The molecule has 18 heavy (non-hydrogen) atoms. The van der Waals surface area contributed by atoms with Crippen LogP contribution in [0, 0.1) is 13.8 Å². The summed E-state index contributed by atoms with van der Waals surface area (Å²) < 4.78 is 1.83. The molecule has 4 nitrogen and oxygen atoms in total. The van der Waals surface area contributed by atoms with Gasteiger partial charge in [-0.2, -0.15) is 5.10 Å². The van der Waals surface area contributed by atoms with Crippen molar-refractivity contribution in [2.75, 3.05) is 5.32 Å². The molecule has 1 heterocycles. The molecule has 0 fully saturated rings. The lowest BCUT2D eigenvalue weighted by molar-refractivity contribution is 0.101. The highest BCUT2D eigenvalue weighted by Gasteiger charge is 2.12. The lowest BCUT2D eigenvalue weighted by Gasteiger charge is -2.10. The van der Waals surface area contributed by atoms with Gasteiger partial charge < -0.3 is 5.32 Å². The van der Waals surface area contributed by atoms with Gasteiger partial charge in [0.15, 0.2) is 5.78 Å². The van der Waals surface area contributed by atoms with E-state index in [9.17, 15) is 4.79 Å². The summed E-state index contributed by atoms with van der Waals surface area (Å²) in [4.78, 5) is 11.6. The number of nitrogens with one attached hydrogen (secondary N) is 1. The maximum atomic E-state index is 11.6. The second-order valence-corrected chi connectivity index (χ2v) is 4.40. The Morgan fingerprint density at radius 1 is 1.28 bits per heavy atom. The van der Waals surface area contributed by atoms with Crippen molar-refractivity contribution >= 4 is 17.2 Å². The molecule has 0 bridgehead atoms. The molecule has 0 aliphatic rings. The highest BCUT2D eigenvalue weighted by Crippen LogP contribution is 2.26. The van der Waals surface area contributed by atoms with Gasteiger partial charge in [0, 0.05) is 18.3 Å². The molecule has 1 aromatic carbocycles. The van der Waals surface area contributed by atoms with Crippen LogP contribution in [0.2, 0.25) is 0 Å². The van der Waals surface area contributed by atoms with Gasteiger partial charge in [0.1, 0.15) is 0 Å². The Labute approximate surface area is 107 Å². The third kappa shape index (κ3) is 2.14. The van der Waals surface area contributed by atoms with E-state index in [0.717, 1.165) is 22.8 Å². The Balaban J connectivity index is 2.43. The number of Topliss-reactive ketones (excluding diaryl/α,β-unsaturated/α-hetero) is 1. The molecule has 0 saturated heterocycles. The van der Waals surface area contributed by atoms with Gasteiger partial charge in [0.2, 0.25) is 0 Å². The zero-order chi connectivity index (χ0) is 13.3. The first kappa shape index (κ1) is 12.4. The third-order valence-corrected chi connectivity index (χ3v) is 3.08. The maximum absolute atomic E-state index is 11.6. The summed E-state index contributed by atoms with van der Waals surface area (Å²) in [5.41, 5.74) is 4.45. The zero-order valence-electron chi connectivity index (χ0n) is 11.1. The number of anilines is 2. The molecule has 0 spiro atoms. The fourth-order valence-electron chi connectivity index (χ4n) is 1.99. The molecule has 1 N–H and O–H groups in total. The van der Waals surface area contributed by atoms with Gasteiger partial charge in [-0.1, -0.05) is 12.1 Å². The number of hydrogen-bond acceptors (Lipinski definition) is 3. The molecule has 0 aliphatic heterocycles. The van der Waals surface area contributed by atoms with Crippen LogP contribution in [0.1, 0.15) is 28.7 Å². The summed E-state index contributed by atoms with van der Waals surface area (Å²) in [5, 5.41) is 7.66. The normalized spacial score (nSPS) is 10.4. The highest BCUT2D eigenvalue weighted by molar-refractivity contribution is 6.00. The predicted molar refractivity (Wildman–Crippen MR) is 72.4 cm³/mol. The lowest BCUT2D eigenvalue weighted by atomic mass is 10.1. The van der Waals surface area contributed by atoms with Gasteiger partial charge in [-0.3, -0.25) is 9.48 Å². The van der Waals surface area contributed by atoms with E-state index in [-0.39, 0.29) is 5.78 Å². The average Bonchev–Trinajstić information content (AvgIpc) is 2.56. The van der Waals surface area contributed by atoms with Crippen molar-refractivity contribution in [3.63, 3.8) is 0 Å². The predicted octanol–water partition coefficient (Wildman–Crippen LogP) is 2.98. The third-order valence-electron chi connectivity index (χ3n) is 3.08. The van der Waals surface area contributed by atoms with Crippen LogP contribution < -0.4 is 5.32 Å². The number of ketones is 1. The van der Waals surface area contributed by atoms with Gasteiger partial charge in [-0.05, 0) is 32.9 Å². The molecular weight excluding hydrogens is 226 g/mol. The van der Waals surface area contributed by atoms with Crippen molar-refractivity contribution in [2.24, 2.45) is 7.05 Å². The molecular formula is C14H17N3O. The number of rotatable bonds is 3. The van der Waals surface area contributed by atoms with E-state index in [1.54, 1.807) is 6.92 Å². The highest BCUT2D eigenvalue weighted by atomic mass is 16.1. The van der Waals surface area contributed by atoms with Crippen LogP contribution >= 0.6 is 0 Å². The fourth-order valence-corrected chi connectivity index (χ4v) is 1.99. The van der Waals surface area contributed by atoms with E-state index in [2.05, 4.69) is 10.4 Å². The Morgan fingerprint density at radius 3 is 2.50 bits per heavy atom. The standard InChI is InChI=1S/C14H17N3O/c1-9-14(10(2)17(4)16-9)15-13-8-6-5-7-12(13)11(3)18/h5-8,15H,1-4H3. The summed E-state index contributed by atoms with van der Waals surface area (Å²) in [6, 6.07) is 7.51. The maximum Gasteiger partial charge on any atom is 0.161 e. The van der Waals surface area contributed by atoms with E-state index in [4.69, 9.17) is 0 Å². The fraction of sp³-hybridized carbons (Fsp3) is 0.286. The number of nitrogens with zero attached hydrogens (tertiary/aromatic N) is 2. The van der Waals surface area contributed by atoms with Crippen LogP contribution in [0.4, 0.5) is 11.4 Å². The van der Waals surface area contributed by atoms with Crippen molar-refractivity contribution < 1.29 is 4.79 Å². The number of aryl methyl sites for hydroxylation is 2. The summed E-state index contributed by atoms with van der Waals surface area (Å²) in [6.07, 6.45) is 0.